The highest BCUT2D eigenvalue weighted by atomic mass is 15.1. The highest BCUT2D eigenvalue weighted by Crippen LogP contribution is 2.25. The smallest absolute Gasteiger partial charge is 0.0426 e. The molecule has 0 saturated carbocycles. The molecular weight excluding hydrogens is 244 g/mol. The van der Waals surface area contributed by atoms with Crippen LogP contribution in [-0.2, 0) is 0 Å². The van der Waals surface area contributed by atoms with E-state index in [1.54, 1.807) is 0 Å². The van der Waals surface area contributed by atoms with E-state index in [0.717, 1.165) is 18.4 Å². The van der Waals surface area contributed by atoms with Gasteiger partial charge in [-0.3, -0.25) is 0 Å². The SMILES string of the molecule is Cc1ccccc1C(N)CN1CCCC(C(C)C)CC1. The number of hydrogen-bond donors (Lipinski definition) is 1. The number of nitrogens with two attached hydrogens (primary N) is 1. The Morgan fingerprint density at radius 3 is 2.65 bits per heavy atom. The molecule has 0 amide bonds. The standard InChI is InChI=1S/C18H30N2/c1-14(2)16-8-6-11-20(12-10-16)13-18(19)17-9-5-4-7-15(17)3/h4-5,7,9,14,16,18H,6,8,10-13,19H2,1-3H3. The van der Waals surface area contributed by atoms with Gasteiger partial charge >= 0.3 is 0 Å². The van der Waals surface area contributed by atoms with Crippen molar-refractivity contribution in [1.82, 2.24) is 4.90 Å². The monoisotopic (exact) mass is 274 g/mol. The number of rotatable bonds is 4. The first-order valence-electron chi connectivity index (χ1n) is 8.11. The van der Waals surface area contributed by atoms with Gasteiger partial charge in [-0.05, 0) is 62.2 Å². The third-order valence-corrected chi connectivity index (χ3v) is 4.85. The highest BCUT2D eigenvalue weighted by Gasteiger charge is 2.21. The Morgan fingerprint density at radius 2 is 1.95 bits per heavy atom. The number of hydrogen-bond acceptors (Lipinski definition) is 2. The van der Waals surface area contributed by atoms with Gasteiger partial charge < -0.3 is 10.6 Å². The van der Waals surface area contributed by atoms with Gasteiger partial charge in [0, 0.05) is 12.6 Å². The topological polar surface area (TPSA) is 29.3 Å². The van der Waals surface area contributed by atoms with Crippen LogP contribution in [0.25, 0.3) is 0 Å². The summed E-state index contributed by atoms with van der Waals surface area (Å²) in [4.78, 5) is 2.57. The molecular formula is C18H30N2. The lowest BCUT2D eigenvalue weighted by Gasteiger charge is -2.25. The van der Waals surface area contributed by atoms with Gasteiger partial charge in [0.1, 0.15) is 0 Å². The molecule has 0 spiro atoms. The summed E-state index contributed by atoms with van der Waals surface area (Å²) < 4.78 is 0. The van der Waals surface area contributed by atoms with E-state index in [-0.39, 0.29) is 6.04 Å². The molecule has 0 aromatic heterocycles. The van der Waals surface area contributed by atoms with Crippen molar-refractivity contribution in [2.75, 3.05) is 19.6 Å². The van der Waals surface area contributed by atoms with E-state index in [1.165, 1.54) is 43.5 Å². The fourth-order valence-corrected chi connectivity index (χ4v) is 3.41. The van der Waals surface area contributed by atoms with Gasteiger partial charge in [-0.25, -0.2) is 0 Å². The minimum absolute atomic E-state index is 0.145. The minimum Gasteiger partial charge on any atom is -0.323 e. The largest absolute Gasteiger partial charge is 0.323 e. The molecule has 2 nitrogen and oxygen atoms in total. The molecule has 20 heavy (non-hydrogen) atoms. The molecule has 1 heterocycles. The maximum Gasteiger partial charge on any atom is 0.0426 e. The van der Waals surface area contributed by atoms with Crippen molar-refractivity contribution in [3.63, 3.8) is 0 Å². The highest BCUT2D eigenvalue weighted by molar-refractivity contribution is 5.28. The van der Waals surface area contributed by atoms with E-state index in [2.05, 4.69) is 49.9 Å². The molecule has 112 valence electrons. The van der Waals surface area contributed by atoms with Crippen molar-refractivity contribution in [3.8, 4) is 0 Å². The van der Waals surface area contributed by atoms with Crippen LogP contribution in [0.3, 0.4) is 0 Å². The Bertz CT molecular complexity index is 414. The average Bonchev–Trinajstić information content (AvgIpc) is 2.65. The van der Waals surface area contributed by atoms with E-state index in [1.807, 2.05) is 0 Å². The Morgan fingerprint density at radius 1 is 1.20 bits per heavy atom. The summed E-state index contributed by atoms with van der Waals surface area (Å²) in [5.74, 6) is 1.72. The Labute approximate surface area is 124 Å². The maximum atomic E-state index is 6.43. The number of nitrogens with zero attached hydrogens (tertiary/aromatic N) is 1. The fourth-order valence-electron chi connectivity index (χ4n) is 3.41. The average molecular weight is 274 g/mol. The molecule has 1 saturated heterocycles. The van der Waals surface area contributed by atoms with E-state index in [4.69, 9.17) is 5.73 Å². The summed E-state index contributed by atoms with van der Waals surface area (Å²) in [7, 11) is 0. The Hall–Kier alpha value is -0.860. The second-order valence-corrected chi connectivity index (χ2v) is 6.70. The summed E-state index contributed by atoms with van der Waals surface area (Å²) in [5.41, 5.74) is 9.05. The second-order valence-electron chi connectivity index (χ2n) is 6.70. The van der Waals surface area contributed by atoms with Crippen LogP contribution in [0, 0.1) is 18.8 Å². The van der Waals surface area contributed by atoms with E-state index < -0.39 is 0 Å². The van der Waals surface area contributed by atoms with Gasteiger partial charge in [0.05, 0.1) is 0 Å². The van der Waals surface area contributed by atoms with Gasteiger partial charge in [-0.1, -0.05) is 38.1 Å². The lowest BCUT2D eigenvalue weighted by atomic mass is 9.89. The van der Waals surface area contributed by atoms with Crippen molar-refractivity contribution < 1.29 is 0 Å². The third-order valence-electron chi connectivity index (χ3n) is 4.85. The van der Waals surface area contributed by atoms with E-state index >= 15 is 0 Å². The molecule has 0 bridgehead atoms. The van der Waals surface area contributed by atoms with Crippen LogP contribution in [0.2, 0.25) is 0 Å². The van der Waals surface area contributed by atoms with Gasteiger partial charge in [0.2, 0.25) is 0 Å². The Kier molecular flexibility index (Phi) is 5.62. The van der Waals surface area contributed by atoms with E-state index in [0.29, 0.717) is 0 Å². The van der Waals surface area contributed by atoms with Gasteiger partial charge in [-0.2, -0.15) is 0 Å². The van der Waals surface area contributed by atoms with Crippen molar-refractivity contribution >= 4 is 0 Å². The van der Waals surface area contributed by atoms with Crippen LogP contribution in [0.5, 0.6) is 0 Å². The molecule has 0 aliphatic carbocycles. The first-order valence-corrected chi connectivity index (χ1v) is 8.11. The molecule has 2 N–H and O–H groups in total. The van der Waals surface area contributed by atoms with Crippen molar-refractivity contribution in [2.24, 2.45) is 17.6 Å². The summed E-state index contributed by atoms with van der Waals surface area (Å²) in [5, 5.41) is 0. The van der Waals surface area contributed by atoms with Crippen molar-refractivity contribution in [2.45, 2.75) is 46.1 Å². The Balaban J connectivity index is 1.92. The predicted molar refractivity (Wildman–Crippen MR) is 86.7 cm³/mol. The summed E-state index contributed by atoms with van der Waals surface area (Å²) >= 11 is 0. The van der Waals surface area contributed by atoms with Crippen LogP contribution in [0.4, 0.5) is 0 Å². The normalized spacial score (nSPS) is 22.8. The first-order chi connectivity index (χ1) is 9.58. The second kappa shape index (κ2) is 7.24. The lowest BCUT2D eigenvalue weighted by molar-refractivity contribution is 0.257. The van der Waals surface area contributed by atoms with E-state index in [9.17, 15) is 0 Å². The quantitative estimate of drug-likeness (QED) is 0.906. The fraction of sp³-hybridized carbons (Fsp3) is 0.667. The zero-order chi connectivity index (χ0) is 14.5. The first kappa shape index (κ1) is 15.5. The molecule has 1 aliphatic heterocycles. The lowest BCUT2D eigenvalue weighted by Crippen LogP contribution is -2.33. The molecule has 2 unspecified atom stereocenters. The zero-order valence-electron chi connectivity index (χ0n) is 13.3. The summed E-state index contributed by atoms with van der Waals surface area (Å²) in [6, 6.07) is 8.66. The molecule has 1 aromatic rings. The molecule has 1 aromatic carbocycles. The third kappa shape index (κ3) is 4.07. The van der Waals surface area contributed by atoms with Crippen LogP contribution in [0.15, 0.2) is 24.3 Å². The van der Waals surface area contributed by atoms with Gasteiger partial charge in [-0.15, -0.1) is 0 Å². The summed E-state index contributed by atoms with van der Waals surface area (Å²) in [6.45, 7) is 10.3. The predicted octanol–water partition coefficient (Wildman–Crippen LogP) is 3.75. The van der Waals surface area contributed by atoms with Crippen LogP contribution < -0.4 is 5.73 Å². The molecule has 1 fully saturated rings. The van der Waals surface area contributed by atoms with Gasteiger partial charge in [0.15, 0.2) is 0 Å². The molecule has 2 atom stereocenters. The number of likely N-dealkylation sites (tertiary alicyclic amines) is 1. The molecule has 2 heteroatoms. The zero-order valence-corrected chi connectivity index (χ0v) is 13.3. The molecule has 1 aliphatic rings. The van der Waals surface area contributed by atoms with Crippen LogP contribution >= 0.6 is 0 Å². The minimum atomic E-state index is 0.145. The van der Waals surface area contributed by atoms with Gasteiger partial charge in [0.25, 0.3) is 0 Å². The number of benzene rings is 1. The van der Waals surface area contributed by atoms with Crippen molar-refractivity contribution in [1.29, 1.82) is 0 Å². The summed E-state index contributed by atoms with van der Waals surface area (Å²) in [6.07, 6.45) is 4.04. The molecule has 2 rings (SSSR count). The van der Waals surface area contributed by atoms with Crippen LogP contribution in [0.1, 0.15) is 50.3 Å². The molecule has 0 radical (unpaired) electrons. The van der Waals surface area contributed by atoms with Crippen molar-refractivity contribution in [3.05, 3.63) is 35.4 Å². The maximum absolute atomic E-state index is 6.43. The van der Waals surface area contributed by atoms with Crippen LogP contribution in [-0.4, -0.2) is 24.5 Å². The number of aryl methyl sites for hydroxylation is 1.